The molecular formula is C37H31N3O5. The minimum Gasteiger partial charge on any atom is -0.497 e. The van der Waals surface area contributed by atoms with E-state index < -0.39 is 11.9 Å². The molecule has 0 bridgehead atoms. The van der Waals surface area contributed by atoms with Crippen LogP contribution in [0.1, 0.15) is 58.9 Å². The average Bonchev–Trinajstić information content (AvgIpc) is 3.47. The summed E-state index contributed by atoms with van der Waals surface area (Å²) in [6.07, 6.45) is 5.70. The van der Waals surface area contributed by atoms with E-state index in [1.165, 1.54) is 6.42 Å². The zero-order valence-electron chi connectivity index (χ0n) is 24.7. The molecule has 2 heterocycles. The van der Waals surface area contributed by atoms with Crippen molar-refractivity contribution in [3.05, 3.63) is 102 Å². The Balaban J connectivity index is 1.32. The van der Waals surface area contributed by atoms with E-state index in [2.05, 4.69) is 10.6 Å². The van der Waals surface area contributed by atoms with Crippen LogP contribution >= 0.6 is 0 Å². The molecule has 45 heavy (non-hydrogen) atoms. The number of methoxy groups -OCH3 is 1. The molecular weight excluding hydrogens is 566 g/mol. The normalized spacial score (nSPS) is 13.7. The van der Waals surface area contributed by atoms with E-state index in [1.54, 1.807) is 43.5 Å². The second-order valence-electron chi connectivity index (χ2n) is 11.5. The molecule has 8 nitrogen and oxygen atoms in total. The van der Waals surface area contributed by atoms with Crippen LogP contribution < -0.4 is 4.74 Å². The number of aromatic carboxylic acids is 2. The summed E-state index contributed by atoms with van der Waals surface area (Å²) in [6.45, 7) is 0. The predicted octanol–water partition coefficient (Wildman–Crippen LogP) is 8.50. The first kappa shape index (κ1) is 28.3. The molecule has 0 radical (unpaired) electrons. The first-order valence-corrected chi connectivity index (χ1v) is 15.1. The predicted molar refractivity (Wildman–Crippen MR) is 174 cm³/mol. The molecule has 8 heteroatoms. The fourth-order valence-electron chi connectivity index (χ4n) is 6.47. The van der Waals surface area contributed by atoms with Gasteiger partial charge in [-0.05, 0) is 90.7 Å². The number of hydrogen-bond donors (Lipinski definition) is 2. The number of pyridine rings is 1. The zero-order chi connectivity index (χ0) is 31.1. The number of carboxylic acid groups (broad SMARTS) is 2. The summed E-state index contributed by atoms with van der Waals surface area (Å²) in [5.74, 6) is -0.396. The Morgan fingerprint density at radius 1 is 0.711 bits per heavy atom. The Morgan fingerprint density at radius 3 is 2.18 bits per heavy atom. The zero-order valence-corrected chi connectivity index (χ0v) is 24.7. The molecule has 1 fully saturated rings. The van der Waals surface area contributed by atoms with Crippen LogP contribution in [-0.4, -0.2) is 43.8 Å². The fourth-order valence-corrected chi connectivity index (χ4v) is 6.47. The molecule has 1 aliphatic carbocycles. The molecule has 224 valence electrons. The van der Waals surface area contributed by atoms with Crippen molar-refractivity contribution < 1.29 is 24.5 Å². The highest BCUT2D eigenvalue weighted by Crippen LogP contribution is 2.38. The van der Waals surface area contributed by atoms with Crippen molar-refractivity contribution in [2.75, 3.05) is 7.11 Å². The molecule has 4 aromatic carbocycles. The highest BCUT2D eigenvalue weighted by Gasteiger charge is 2.23. The summed E-state index contributed by atoms with van der Waals surface area (Å²) in [6, 6.07) is 28.3. The van der Waals surface area contributed by atoms with E-state index in [0.29, 0.717) is 17.3 Å². The lowest BCUT2D eigenvalue weighted by atomic mass is 9.94. The van der Waals surface area contributed by atoms with E-state index in [1.807, 2.05) is 48.5 Å². The van der Waals surface area contributed by atoms with Gasteiger partial charge in [-0.15, -0.1) is 0 Å². The van der Waals surface area contributed by atoms with Gasteiger partial charge in [-0.3, -0.25) is 0 Å². The number of benzene rings is 4. The topological polar surface area (TPSA) is 115 Å². The van der Waals surface area contributed by atoms with E-state index in [4.69, 9.17) is 14.7 Å². The summed E-state index contributed by atoms with van der Waals surface area (Å²) in [5, 5.41) is 19.9. The number of nitrogens with zero attached hydrogens (tertiary/aromatic N) is 3. The minimum atomic E-state index is -0.966. The monoisotopic (exact) mass is 597 g/mol. The third kappa shape index (κ3) is 5.29. The van der Waals surface area contributed by atoms with Crippen LogP contribution in [0.3, 0.4) is 0 Å². The molecule has 1 aliphatic rings. The van der Waals surface area contributed by atoms with Gasteiger partial charge in [0.15, 0.2) is 0 Å². The third-order valence-electron chi connectivity index (χ3n) is 8.77. The summed E-state index contributed by atoms with van der Waals surface area (Å²) in [7, 11) is 1.62. The molecule has 0 spiro atoms. The quantitative estimate of drug-likeness (QED) is 0.190. The van der Waals surface area contributed by atoms with Crippen LogP contribution in [-0.2, 0) is 0 Å². The number of aromatic nitrogens is 3. The van der Waals surface area contributed by atoms with Gasteiger partial charge in [0.1, 0.15) is 11.6 Å². The largest absolute Gasteiger partial charge is 0.497 e. The van der Waals surface area contributed by atoms with Gasteiger partial charge in [-0.2, -0.15) is 0 Å². The number of rotatable bonds is 7. The summed E-state index contributed by atoms with van der Waals surface area (Å²) in [5.41, 5.74) is 7.30. The molecule has 0 atom stereocenters. The maximum Gasteiger partial charge on any atom is 0.335 e. The van der Waals surface area contributed by atoms with Gasteiger partial charge in [0.2, 0.25) is 0 Å². The first-order valence-electron chi connectivity index (χ1n) is 15.1. The third-order valence-corrected chi connectivity index (χ3v) is 8.77. The first-order chi connectivity index (χ1) is 21.9. The molecule has 7 rings (SSSR count). The van der Waals surface area contributed by atoms with Gasteiger partial charge < -0.3 is 19.5 Å². The van der Waals surface area contributed by atoms with Crippen LogP contribution in [0.4, 0.5) is 0 Å². The molecule has 0 amide bonds. The van der Waals surface area contributed by atoms with Crippen molar-refractivity contribution in [2.45, 2.75) is 38.1 Å². The lowest BCUT2D eigenvalue weighted by Crippen LogP contribution is -2.14. The molecule has 0 aliphatic heterocycles. The molecule has 2 aromatic heterocycles. The highest BCUT2D eigenvalue weighted by atomic mass is 16.5. The lowest BCUT2D eigenvalue weighted by molar-refractivity contribution is 0.0686. The van der Waals surface area contributed by atoms with Crippen LogP contribution in [0.25, 0.3) is 55.7 Å². The van der Waals surface area contributed by atoms with Crippen LogP contribution in [0.2, 0.25) is 0 Å². The maximum atomic E-state index is 11.7. The van der Waals surface area contributed by atoms with Crippen LogP contribution in [0, 0.1) is 0 Å². The SMILES string of the molecule is COc1ccc(-c2ccc(C(=O)O)cc2)c(-c2ccc3cc(-c4nc5cc(C(=O)O)ccc5n4C4CCCCC4)ccc3n2)c1. The van der Waals surface area contributed by atoms with Crippen molar-refractivity contribution in [2.24, 2.45) is 0 Å². The number of hydrogen-bond acceptors (Lipinski definition) is 5. The maximum absolute atomic E-state index is 11.7. The van der Waals surface area contributed by atoms with Gasteiger partial charge in [0.25, 0.3) is 0 Å². The van der Waals surface area contributed by atoms with Gasteiger partial charge in [-0.1, -0.05) is 43.5 Å². The summed E-state index contributed by atoms with van der Waals surface area (Å²) in [4.78, 5) is 33.1. The lowest BCUT2D eigenvalue weighted by Gasteiger charge is -2.25. The van der Waals surface area contributed by atoms with Gasteiger partial charge in [0.05, 0.1) is 40.5 Å². The molecule has 2 N–H and O–H groups in total. The molecule has 0 unspecified atom stereocenters. The van der Waals surface area contributed by atoms with E-state index in [9.17, 15) is 19.8 Å². The summed E-state index contributed by atoms with van der Waals surface area (Å²) >= 11 is 0. The molecule has 1 saturated carbocycles. The number of carbonyl (C=O) groups is 2. The van der Waals surface area contributed by atoms with Crippen molar-refractivity contribution in [3.63, 3.8) is 0 Å². The van der Waals surface area contributed by atoms with Crippen molar-refractivity contribution in [1.29, 1.82) is 0 Å². The molecule has 0 saturated heterocycles. The van der Waals surface area contributed by atoms with Crippen LogP contribution in [0.5, 0.6) is 5.75 Å². The Kier molecular flexibility index (Phi) is 7.25. The summed E-state index contributed by atoms with van der Waals surface area (Å²) < 4.78 is 7.84. The molecule has 6 aromatic rings. The average molecular weight is 598 g/mol. The Labute approximate surface area is 259 Å². The number of fused-ring (bicyclic) bond motifs is 2. The standard InChI is InChI=1S/C37H31N3O5/c1-45-28-14-15-29(22-7-9-23(10-8-22)36(41)42)30(21-28)32-17-11-24-19-25(12-16-31(24)38-32)35-39-33-20-26(37(43)44)13-18-34(33)40(35)27-5-3-2-4-6-27/h7-21,27H,2-6H2,1H3,(H,41,42)(H,43,44). The van der Waals surface area contributed by atoms with Gasteiger partial charge in [0, 0.05) is 22.6 Å². The number of carboxylic acids is 2. The van der Waals surface area contributed by atoms with Crippen LogP contribution in [0.15, 0.2) is 91.0 Å². The van der Waals surface area contributed by atoms with Crippen molar-refractivity contribution in [3.8, 4) is 39.5 Å². The second-order valence-corrected chi connectivity index (χ2v) is 11.5. The minimum absolute atomic E-state index is 0.229. The van der Waals surface area contributed by atoms with Gasteiger partial charge in [-0.25, -0.2) is 19.6 Å². The van der Waals surface area contributed by atoms with Crippen molar-refractivity contribution in [1.82, 2.24) is 14.5 Å². The van der Waals surface area contributed by atoms with Crippen molar-refractivity contribution >= 4 is 33.9 Å². The smallest absolute Gasteiger partial charge is 0.335 e. The Bertz CT molecular complexity index is 2090. The Morgan fingerprint density at radius 2 is 1.44 bits per heavy atom. The second kappa shape index (κ2) is 11.5. The highest BCUT2D eigenvalue weighted by molar-refractivity contribution is 5.94. The number of ether oxygens (including phenoxy) is 1. The number of imidazole rings is 1. The van der Waals surface area contributed by atoms with Gasteiger partial charge >= 0.3 is 11.9 Å². The fraction of sp³-hybridized carbons (Fsp3) is 0.189. The van der Waals surface area contributed by atoms with E-state index >= 15 is 0 Å². The van der Waals surface area contributed by atoms with E-state index in [-0.39, 0.29) is 11.1 Å². The van der Waals surface area contributed by atoms with E-state index in [0.717, 1.165) is 75.9 Å². The Hall–Kier alpha value is -5.50.